The van der Waals surface area contributed by atoms with Crippen molar-refractivity contribution in [1.82, 2.24) is 14.8 Å². The maximum atomic E-state index is 12.1. The normalized spacial score (nSPS) is 20.2. The van der Waals surface area contributed by atoms with Crippen LogP contribution in [0.1, 0.15) is 30.3 Å². The van der Waals surface area contributed by atoms with Gasteiger partial charge in [0.1, 0.15) is 5.69 Å². The van der Waals surface area contributed by atoms with E-state index in [1.165, 1.54) is 6.42 Å². The number of nitrogens with zero attached hydrogens (tertiary/aromatic N) is 2. The molecule has 5 nitrogen and oxygen atoms in total. The van der Waals surface area contributed by atoms with Crippen molar-refractivity contribution >= 4 is 11.6 Å². The minimum Gasteiger partial charge on any atom is -0.397 e. The van der Waals surface area contributed by atoms with Crippen molar-refractivity contribution in [3.63, 3.8) is 0 Å². The molecule has 1 unspecified atom stereocenters. The predicted octanol–water partition coefficient (Wildman–Crippen LogP) is 0.914. The summed E-state index contributed by atoms with van der Waals surface area (Å²) in [5.74, 6) is -0.0335. The number of nitrogens with one attached hydrogen (secondary N) is 1. The Morgan fingerprint density at radius 3 is 3.00 bits per heavy atom. The lowest BCUT2D eigenvalue weighted by Gasteiger charge is -2.19. The van der Waals surface area contributed by atoms with Crippen LogP contribution in [0.15, 0.2) is 12.3 Å². The molecule has 100 valence electrons. The molecule has 1 amide bonds. The number of carbonyl (C=O) groups is 1. The van der Waals surface area contributed by atoms with Crippen LogP contribution >= 0.6 is 0 Å². The van der Waals surface area contributed by atoms with Gasteiger partial charge in [0.05, 0.1) is 5.69 Å². The van der Waals surface area contributed by atoms with E-state index in [1.54, 1.807) is 12.3 Å². The third kappa shape index (κ3) is 2.67. The number of nitrogens with two attached hydrogens (primary N) is 1. The Kier molecular flexibility index (Phi) is 3.91. The molecule has 0 saturated carbocycles. The van der Waals surface area contributed by atoms with Crippen LogP contribution in [0.25, 0.3) is 0 Å². The number of likely N-dealkylation sites (N-methyl/N-ethyl adjacent to an activating group) is 1. The van der Waals surface area contributed by atoms with Crippen molar-refractivity contribution < 1.29 is 4.79 Å². The first-order valence-corrected chi connectivity index (χ1v) is 6.56. The molecule has 0 bridgehead atoms. The average molecular weight is 250 g/mol. The monoisotopic (exact) mass is 250 g/mol. The summed E-state index contributed by atoms with van der Waals surface area (Å²) in [5.41, 5.74) is 7.01. The molecule has 1 fully saturated rings. The van der Waals surface area contributed by atoms with Crippen molar-refractivity contribution in [2.45, 2.75) is 32.4 Å². The van der Waals surface area contributed by atoms with Crippen molar-refractivity contribution in [3.8, 4) is 0 Å². The molecule has 2 rings (SSSR count). The molecule has 1 atom stereocenters. The summed E-state index contributed by atoms with van der Waals surface area (Å²) >= 11 is 0. The van der Waals surface area contributed by atoms with Crippen molar-refractivity contribution in [2.75, 3.05) is 25.9 Å². The molecule has 5 heteroatoms. The fourth-order valence-electron chi connectivity index (χ4n) is 2.52. The van der Waals surface area contributed by atoms with Gasteiger partial charge in [0.2, 0.25) is 0 Å². The van der Waals surface area contributed by atoms with Crippen molar-refractivity contribution in [1.29, 1.82) is 0 Å². The van der Waals surface area contributed by atoms with Crippen molar-refractivity contribution in [2.24, 2.45) is 0 Å². The molecule has 0 aliphatic carbocycles. The van der Waals surface area contributed by atoms with E-state index in [9.17, 15) is 4.79 Å². The summed E-state index contributed by atoms with van der Waals surface area (Å²) < 4.78 is 1.88. The molecule has 0 spiro atoms. The Hall–Kier alpha value is -1.49. The number of likely N-dealkylation sites (tertiary alicyclic amines) is 1. The highest BCUT2D eigenvalue weighted by molar-refractivity contribution is 5.93. The van der Waals surface area contributed by atoms with Gasteiger partial charge in [0.15, 0.2) is 0 Å². The maximum absolute atomic E-state index is 12.1. The van der Waals surface area contributed by atoms with E-state index < -0.39 is 0 Å². The molecule has 3 N–H and O–H groups in total. The molecular formula is C13H22N4O. The Labute approximate surface area is 108 Å². The highest BCUT2D eigenvalue weighted by Crippen LogP contribution is 2.14. The van der Waals surface area contributed by atoms with E-state index in [0.29, 0.717) is 24.0 Å². The quantitative estimate of drug-likeness (QED) is 0.835. The molecule has 0 radical (unpaired) electrons. The molecule has 1 aliphatic heterocycles. The molecule has 1 aliphatic rings. The van der Waals surface area contributed by atoms with Gasteiger partial charge in [-0.1, -0.05) is 0 Å². The molecule has 2 heterocycles. The SMILES string of the molecule is CCn1cc(N)cc1C(=O)NCC1CCCN1C. The van der Waals surface area contributed by atoms with Gasteiger partial charge in [-0.05, 0) is 39.4 Å². The first-order chi connectivity index (χ1) is 8.61. The summed E-state index contributed by atoms with van der Waals surface area (Å²) in [6.07, 6.45) is 4.18. The number of aromatic nitrogens is 1. The zero-order chi connectivity index (χ0) is 13.1. The van der Waals surface area contributed by atoms with Crippen LogP contribution in [0.4, 0.5) is 5.69 Å². The topological polar surface area (TPSA) is 63.3 Å². The van der Waals surface area contributed by atoms with Gasteiger partial charge in [-0.25, -0.2) is 0 Å². The Morgan fingerprint density at radius 1 is 1.61 bits per heavy atom. The van der Waals surface area contributed by atoms with E-state index in [0.717, 1.165) is 19.5 Å². The summed E-state index contributed by atoms with van der Waals surface area (Å²) in [6, 6.07) is 2.20. The van der Waals surface area contributed by atoms with E-state index in [-0.39, 0.29) is 5.91 Å². The molecule has 18 heavy (non-hydrogen) atoms. The summed E-state index contributed by atoms with van der Waals surface area (Å²) in [4.78, 5) is 14.4. The van der Waals surface area contributed by atoms with Crippen LogP contribution in [0.2, 0.25) is 0 Å². The molecule has 1 aromatic rings. The Balaban J connectivity index is 1.94. The minimum absolute atomic E-state index is 0.0335. The zero-order valence-corrected chi connectivity index (χ0v) is 11.1. The van der Waals surface area contributed by atoms with Crippen LogP contribution in [0, 0.1) is 0 Å². The van der Waals surface area contributed by atoms with Crippen LogP contribution in [0.3, 0.4) is 0 Å². The number of hydrogen-bond donors (Lipinski definition) is 2. The molecule has 1 saturated heterocycles. The first kappa shape index (κ1) is 13.0. The van der Waals surface area contributed by atoms with Crippen LogP contribution in [-0.2, 0) is 6.54 Å². The molecule has 0 aromatic carbocycles. The van der Waals surface area contributed by atoms with Gasteiger partial charge in [0.25, 0.3) is 5.91 Å². The summed E-state index contributed by atoms with van der Waals surface area (Å²) in [5, 5.41) is 3.00. The first-order valence-electron chi connectivity index (χ1n) is 6.56. The van der Waals surface area contributed by atoms with Gasteiger partial charge in [-0.15, -0.1) is 0 Å². The zero-order valence-electron chi connectivity index (χ0n) is 11.1. The molecule has 1 aromatic heterocycles. The third-order valence-corrected chi connectivity index (χ3v) is 3.66. The Morgan fingerprint density at radius 2 is 2.39 bits per heavy atom. The predicted molar refractivity (Wildman–Crippen MR) is 72.5 cm³/mol. The van der Waals surface area contributed by atoms with Gasteiger partial charge >= 0.3 is 0 Å². The third-order valence-electron chi connectivity index (χ3n) is 3.66. The fourth-order valence-corrected chi connectivity index (χ4v) is 2.52. The second-order valence-electron chi connectivity index (χ2n) is 4.93. The van der Waals surface area contributed by atoms with Gasteiger partial charge in [-0.2, -0.15) is 0 Å². The van der Waals surface area contributed by atoms with Crippen molar-refractivity contribution in [3.05, 3.63) is 18.0 Å². The number of carbonyl (C=O) groups excluding carboxylic acids is 1. The van der Waals surface area contributed by atoms with E-state index >= 15 is 0 Å². The van der Waals surface area contributed by atoms with E-state index in [4.69, 9.17) is 5.73 Å². The number of hydrogen-bond acceptors (Lipinski definition) is 3. The number of aryl methyl sites for hydroxylation is 1. The number of amides is 1. The second kappa shape index (κ2) is 5.44. The highest BCUT2D eigenvalue weighted by Gasteiger charge is 2.22. The van der Waals surface area contributed by atoms with Crippen LogP contribution in [0.5, 0.6) is 0 Å². The van der Waals surface area contributed by atoms with Crippen LogP contribution < -0.4 is 11.1 Å². The van der Waals surface area contributed by atoms with Gasteiger partial charge in [-0.3, -0.25) is 4.79 Å². The summed E-state index contributed by atoms with van der Waals surface area (Å²) in [6.45, 7) is 4.59. The number of nitrogen functional groups attached to an aromatic ring is 1. The Bertz CT molecular complexity index is 427. The van der Waals surface area contributed by atoms with E-state index in [1.807, 2.05) is 11.5 Å². The number of rotatable bonds is 4. The van der Waals surface area contributed by atoms with Crippen LogP contribution in [-0.4, -0.2) is 41.6 Å². The standard InChI is InChI=1S/C13H22N4O/c1-3-17-9-10(14)7-12(17)13(18)15-8-11-5-4-6-16(11)2/h7,9,11H,3-6,8,14H2,1-2H3,(H,15,18). The average Bonchev–Trinajstić information content (AvgIpc) is 2.92. The highest BCUT2D eigenvalue weighted by atomic mass is 16.1. The fraction of sp³-hybridized carbons (Fsp3) is 0.615. The van der Waals surface area contributed by atoms with E-state index in [2.05, 4.69) is 17.3 Å². The summed E-state index contributed by atoms with van der Waals surface area (Å²) in [7, 11) is 2.11. The van der Waals surface area contributed by atoms with Gasteiger partial charge < -0.3 is 20.5 Å². The maximum Gasteiger partial charge on any atom is 0.268 e. The largest absolute Gasteiger partial charge is 0.397 e. The lowest BCUT2D eigenvalue weighted by atomic mass is 10.2. The second-order valence-corrected chi connectivity index (χ2v) is 4.93. The lowest BCUT2D eigenvalue weighted by molar-refractivity contribution is 0.0934. The minimum atomic E-state index is -0.0335. The smallest absolute Gasteiger partial charge is 0.268 e. The van der Waals surface area contributed by atoms with Gasteiger partial charge in [0, 0.05) is 25.3 Å². The molecular weight excluding hydrogens is 228 g/mol. The lowest BCUT2D eigenvalue weighted by Crippen LogP contribution is -2.38. The number of anilines is 1.